The maximum Gasteiger partial charge on any atom is 0.416 e. The molecular weight excluding hydrogens is 449 g/mol. The average Bonchev–Trinajstić information content (AvgIpc) is 2.76. The summed E-state index contributed by atoms with van der Waals surface area (Å²) in [7, 11) is -3.25. The fourth-order valence-electron chi connectivity index (χ4n) is 3.22. The van der Waals surface area contributed by atoms with Crippen LogP contribution in [-0.4, -0.2) is 49.9 Å². The van der Waals surface area contributed by atoms with Gasteiger partial charge in [-0.15, -0.1) is 0 Å². The Hall–Kier alpha value is -3.12. The van der Waals surface area contributed by atoms with E-state index >= 15 is 0 Å². The zero-order chi connectivity index (χ0) is 23.5. The third-order valence-electron chi connectivity index (χ3n) is 5.02. The molecule has 3 N–H and O–H groups in total. The van der Waals surface area contributed by atoms with Crippen LogP contribution in [0.3, 0.4) is 0 Å². The molecule has 0 unspecified atom stereocenters. The number of carbonyl (C=O) groups excluding carboxylic acids is 2. The fourth-order valence-corrected chi connectivity index (χ4v) is 4.42. The molecule has 3 amide bonds. The number of hydrazine groups is 1. The predicted molar refractivity (Wildman–Crippen MR) is 111 cm³/mol. The van der Waals surface area contributed by atoms with Crippen molar-refractivity contribution in [3.63, 3.8) is 0 Å². The van der Waals surface area contributed by atoms with Crippen LogP contribution < -0.4 is 16.2 Å². The average molecular weight is 470 g/mol. The van der Waals surface area contributed by atoms with Crippen LogP contribution in [0, 0.1) is 0 Å². The molecule has 1 saturated heterocycles. The van der Waals surface area contributed by atoms with Crippen LogP contribution >= 0.6 is 0 Å². The molecule has 0 spiro atoms. The van der Waals surface area contributed by atoms with Crippen LogP contribution in [0.15, 0.2) is 48.5 Å². The minimum atomic E-state index is -4.60. The van der Waals surface area contributed by atoms with E-state index in [1.54, 1.807) is 12.1 Å². The number of nitrogen functional groups attached to an aromatic ring is 1. The van der Waals surface area contributed by atoms with Gasteiger partial charge in [-0.1, -0.05) is 18.2 Å². The number of halogens is 3. The molecule has 0 atom stereocenters. The van der Waals surface area contributed by atoms with E-state index in [0.717, 1.165) is 17.0 Å². The summed E-state index contributed by atoms with van der Waals surface area (Å²) in [5.41, 5.74) is 1.92. The molecule has 2 aromatic carbocycles. The van der Waals surface area contributed by atoms with Gasteiger partial charge in [0.25, 0.3) is 5.91 Å². The highest BCUT2D eigenvalue weighted by Crippen LogP contribution is 2.32. The lowest BCUT2D eigenvalue weighted by molar-refractivity contribution is -0.137. The zero-order valence-corrected chi connectivity index (χ0v) is 17.6. The largest absolute Gasteiger partial charge is 0.416 e. The number of rotatable bonds is 4. The van der Waals surface area contributed by atoms with Gasteiger partial charge in [0.2, 0.25) is 0 Å². The van der Waals surface area contributed by atoms with Crippen molar-refractivity contribution in [1.82, 2.24) is 10.3 Å². The highest BCUT2D eigenvalue weighted by atomic mass is 32.2. The molecular formula is C20H21F3N4O4S. The summed E-state index contributed by atoms with van der Waals surface area (Å²) in [5, 5.41) is 0. The Labute approximate surface area is 182 Å². The van der Waals surface area contributed by atoms with Gasteiger partial charge in [0.1, 0.15) is 0 Å². The summed E-state index contributed by atoms with van der Waals surface area (Å²) in [6, 6.07) is 9.80. The predicted octanol–water partition coefficient (Wildman–Crippen LogP) is 2.17. The Morgan fingerprint density at radius 2 is 1.69 bits per heavy atom. The SMILES string of the molecule is NNC(=O)c1ccc(CN(C(=O)N2CCS(=O)(=O)CC2)c2cccc(C(F)(F)F)c2)cc1. The van der Waals surface area contributed by atoms with Gasteiger partial charge in [-0.25, -0.2) is 19.1 Å². The molecule has 0 aromatic heterocycles. The number of carbonyl (C=O) groups is 2. The molecule has 172 valence electrons. The molecule has 0 bridgehead atoms. The van der Waals surface area contributed by atoms with E-state index in [9.17, 15) is 31.2 Å². The second-order valence-corrected chi connectivity index (χ2v) is 9.53. The zero-order valence-electron chi connectivity index (χ0n) is 16.8. The summed E-state index contributed by atoms with van der Waals surface area (Å²) >= 11 is 0. The second-order valence-electron chi connectivity index (χ2n) is 7.23. The summed E-state index contributed by atoms with van der Waals surface area (Å²) < 4.78 is 63.1. The number of nitrogens with zero attached hydrogens (tertiary/aromatic N) is 2. The number of alkyl halides is 3. The first kappa shape index (κ1) is 23.5. The van der Waals surface area contributed by atoms with E-state index in [1.165, 1.54) is 29.2 Å². The van der Waals surface area contributed by atoms with Crippen LogP contribution in [0.4, 0.5) is 23.7 Å². The van der Waals surface area contributed by atoms with Gasteiger partial charge in [-0.2, -0.15) is 13.2 Å². The smallest absolute Gasteiger partial charge is 0.322 e. The van der Waals surface area contributed by atoms with Gasteiger partial charge in [0.15, 0.2) is 9.84 Å². The first-order valence-corrected chi connectivity index (χ1v) is 11.4. The van der Waals surface area contributed by atoms with Gasteiger partial charge in [0.05, 0.1) is 23.6 Å². The molecule has 1 heterocycles. The third kappa shape index (κ3) is 5.56. The molecule has 0 saturated carbocycles. The Bertz CT molecular complexity index is 1090. The third-order valence-corrected chi connectivity index (χ3v) is 6.63. The quantitative estimate of drug-likeness (QED) is 0.404. The lowest BCUT2D eigenvalue weighted by atomic mass is 10.1. The van der Waals surface area contributed by atoms with Crippen molar-refractivity contribution < 1.29 is 31.2 Å². The first-order chi connectivity index (χ1) is 15.0. The Morgan fingerprint density at radius 3 is 2.25 bits per heavy atom. The van der Waals surface area contributed by atoms with Crippen LogP contribution in [0.25, 0.3) is 0 Å². The molecule has 3 rings (SSSR count). The Balaban J connectivity index is 1.92. The van der Waals surface area contributed by atoms with Crippen molar-refractivity contribution in [3.8, 4) is 0 Å². The lowest BCUT2D eigenvalue weighted by Crippen LogP contribution is -2.49. The van der Waals surface area contributed by atoms with Crippen molar-refractivity contribution in [2.75, 3.05) is 29.5 Å². The lowest BCUT2D eigenvalue weighted by Gasteiger charge is -2.33. The van der Waals surface area contributed by atoms with Crippen molar-refractivity contribution in [1.29, 1.82) is 0 Å². The van der Waals surface area contributed by atoms with Crippen molar-refractivity contribution >= 4 is 27.5 Å². The topological polar surface area (TPSA) is 113 Å². The maximum atomic E-state index is 13.2. The van der Waals surface area contributed by atoms with Crippen molar-refractivity contribution in [2.24, 2.45) is 5.84 Å². The number of anilines is 1. The van der Waals surface area contributed by atoms with Crippen LogP contribution in [0.1, 0.15) is 21.5 Å². The van der Waals surface area contributed by atoms with Gasteiger partial charge >= 0.3 is 12.2 Å². The van der Waals surface area contributed by atoms with Crippen LogP contribution in [-0.2, 0) is 22.6 Å². The molecule has 32 heavy (non-hydrogen) atoms. The molecule has 1 aliphatic rings. The van der Waals surface area contributed by atoms with Crippen molar-refractivity contribution in [2.45, 2.75) is 12.7 Å². The number of nitrogens with two attached hydrogens (primary N) is 1. The maximum absolute atomic E-state index is 13.2. The minimum absolute atomic E-state index is 0.0158. The summed E-state index contributed by atoms with van der Waals surface area (Å²) in [6.07, 6.45) is -4.60. The second kappa shape index (κ2) is 9.17. The van der Waals surface area contributed by atoms with E-state index in [1.807, 2.05) is 5.43 Å². The Kier molecular flexibility index (Phi) is 6.74. The van der Waals surface area contributed by atoms with E-state index < -0.39 is 33.5 Å². The molecule has 0 aliphatic carbocycles. The Morgan fingerprint density at radius 1 is 1.06 bits per heavy atom. The summed E-state index contributed by atoms with van der Waals surface area (Å²) in [4.78, 5) is 27.3. The molecule has 0 radical (unpaired) electrons. The van der Waals surface area contributed by atoms with E-state index in [2.05, 4.69) is 0 Å². The van der Waals surface area contributed by atoms with Gasteiger partial charge in [0, 0.05) is 24.3 Å². The minimum Gasteiger partial charge on any atom is -0.322 e. The standard InChI is InChI=1S/C20H21F3N4O4S/c21-20(22,23)16-2-1-3-17(12-16)27(19(29)26-8-10-32(30,31)11-9-26)13-14-4-6-15(7-5-14)18(28)25-24/h1-7,12H,8-11,13,24H2,(H,25,28). The molecule has 2 aromatic rings. The number of amides is 3. The van der Waals surface area contributed by atoms with Gasteiger partial charge in [-0.05, 0) is 35.9 Å². The first-order valence-electron chi connectivity index (χ1n) is 9.54. The number of urea groups is 1. The van der Waals surface area contributed by atoms with Crippen LogP contribution in [0.5, 0.6) is 0 Å². The highest BCUT2D eigenvalue weighted by Gasteiger charge is 2.33. The van der Waals surface area contributed by atoms with Crippen molar-refractivity contribution in [3.05, 3.63) is 65.2 Å². The molecule has 1 fully saturated rings. The highest BCUT2D eigenvalue weighted by molar-refractivity contribution is 7.91. The monoisotopic (exact) mass is 470 g/mol. The number of nitrogens with one attached hydrogen (secondary N) is 1. The normalized spacial score (nSPS) is 15.8. The molecule has 12 heteroatoms. The number of benzene rings is 2. The van der Waals surface area contributed by atoms with E-state index in [-0.39, 0.29) is 42.4 Å². The number of hydrogen-bond acceptors (Lipinski definition) is 5. The van der Waals surface area contributed by atoms with Gasteiger partial charge in [-0.3, -0.25) is 15.1 Å². The molecule has 8 nitrogen and oxygen atoms in total. The summed E-state index contributed by atoms with van der Waals surface area (Å²) in [6.45, 7) is -0.188. The van der Waals surface area contributed by atoms with Crippen LogP contribution in [0.2, 0.25) is 0 Å². The van der Waals surface area contributed by atoms with E-state index in [0.29, 0.717) is 5.56 Å². The molecule has 1 aliphatic heterocycles. The fraction of sp³-hybridized carbons (Fsp3) is 0.300. The van der Waals surface area contributed by atoms with E-state index in [4.69, 9.17) is 5.84 Å². The number of hydrogen-bond donors (Lipinski definition) is 2. The summed E-state index contributed by atoms with van der Waals surface area (Å²) in [5.74, 6) is 4.16. The number of sulfone groups is 1. The van der Waals surface area contributed by atoms with Gasteiger partial charge < -0.3 is 4.90 Å².